The van der Waals surface area contributed by atoms with Gasteiger partial charge in [0.15, 0.2) is 0 Å². The van der Waals surface area contributed by atoms with Crippen LogP contribution in [0.5, 0.6) is 0 Å². The summed E-state index contributed by atoms with van der Waals surface area (Å²) in [5, 5.41) is 2.17. The Kier molecular flexibility index (Phi) is 2.86. The molecule has 1 aliphatic rings. The van der Waals surface area contributed by atoms with Crippen LogP contribution in [-0.4, -0.2) is 11.6 Å². The third-order valence-corrected chi connectivity index (χ3v) is 4.52. The molecule has 1 aromatic carbocycles. The number of ketones is 2. The first-order chi connectivity index (χ1) is 9.06. The maximum absolute atomic E-state index is 11.6. The van der Waals surface area contributed by atoms with Crippen molar-refractivity contribution in [3.8, 4) is 10.4 Å². The highest BCUT2D eigenvalue weighted by atomic mass is 32.1. The highest BCUT2D eigenvalue weighted by Gasteiger charge is 2.28. The van der Waals surface area contributed by atoms with Gasteiger partial charge in [-0.1, -0.05) is 19.9 Å². The lowest BCUT2D eigenvalue weighted by Gasteiger charge is -2.02. The van der Waals surface area contributed by atoms with Gasteiger partial charge in [-0.25, -0.2) is 0 Å². The third-order valence-electron chi connectivity index (χ3n) is 3.53. The summed E-state index contributed by atoms with van der Waals surface area (Å²) in [4.78, 5) is 24.2. The van der Waals surface area contributed by atoms with Crippen LogP contribution in [0.2, 0.25) is 0 Å². The summed E-state index contributed by atoms with van der Waals surface area (Å²) in [5.74, 6) is -0.112. The Labute approximate surface area is 116 Å². The quantitative estimate of drug-likeness (QED) is 0.777. The second-order valence-corrected chi connectivity index (χ2v) is 6.11. The van der Waals surface area contributed by atoms with Gasteiger partial charge in [-0.15, -0.1) is 11.3 Å². The molecule has 2 nitrogen and oxygen atoms in total. The zero-order valence-corrected chi connectivity index (χ0v) is 11.7. The average molecular weight is 270 g/mol. The van der Waals surface area contributed by atoms with Crippen molar-refractivity contribution in [2.45, 2.75) is 26.2 Å². The summed E-state index contributed by atoms with van der Waals surface area (Å²) in [6.45, 7) is 4.34. The lowest BCUT2D eigenvalue weighted by atomic mass is 10.0. The fourth-order valence-corrected chi connectivity index (χ4v) is 3.39. The van der Waals surface area contributed by atoms with E-state index in [0.29, 0.717) is 11.5 Å². The number of carbonyl (C=O) groups excluding carboxylic acids is 2. The number of Topliss-reactive ketones (excluding diaryl/α,β-unsaturated/α-hetero) is 2. The number of thiophene rings is 1. The standard InChI is InChI=1S/C16H14O2S/c1-9(2)12-7-15(19-8-12)10-3-4-13-11(5-10)6-14(17)16(13)18/h3-5,7-9H,6H2,1-2H3. The molecule has 0 fully saturated rings. The molecule has 3 rings (SSSR count). The van der Waals surface area contributed by atoms with Crippen LogP contribution in [0.25, 0.3) is 10.4 Å². The molecule has 0 unspecified atom stereocenters. The minimum Gasteiger partial charge on any atom is -0.290 e. The topological polar surface area (TPSA) is 34.1 Å². The predicted molar refractivity (Wildman–Crippen MR) is 76.9 cm³/mol. The lowest BCUT2D eigenvalue weighted by Crippen LogP contribution is -2.05. The molecule has 1 heterocycles. The summed E-state index contributed by atoms with van der Waals surface area (Å²) >= 11 is 1.71. The van der Waals surface area contributed by atoms with Gasteiger partial charge >= 0.3 is 0 Å². The van der Waals surface area contributed by atoms with Crippen LogP contribution < -0.4 is 0 Å². The van der Waals surface area contributed by atoms with Crippen LogP contribution >= 0.6 is 11.3 Å². The number of benzene rings is 1. The molecule has 0 spiro atoms. The van der Waals surface area contributed by atoms with E-state index in [1.54, 1.807) is 17.4 Å². The predicted octanol–water partition coefficient (Wildman–Crippen LogP) is 3.85. The van der Waals surface area contributed by atoms with Gasteiger partial charge in [-0.2, -0.15) is 0 Å². The molecular formula is C16H14O2S. The Hall–Kier alpha value is -1.74. The smallest absolute Gasteiger partial charge is 0.229 e. The van der Waals surface area contributed by atoms with Crippen molar-refractivity contribution in [1.82, 2.24) is 0 Å². The van der Waals surface area contributed by atoms with Crippen LogP contribution in [0.15, 0.2) is 29.6 Å². The van der Waals surface area contributed by atoms with Gasteiger partial charge in [0.25, 0.3) is 0 Å². The van der Waals surface area contributed by atoms with Crippen LogP contribution in [0.4, 0.5) is 0 Å². The molecule has 0 saturated heterocycles. The lowest BCUT2D eigenvalue weighted by molar-refractivity contribution is -0.114. The minimum atomic E-state index is -0.337. The Morgan fingerprint density at radius 2 is 1.95 bits per heavy atom. The Bertz CT molecular complexity index is 680. The summed E-state index contributed by atoms with van der Waals surface area (Å²) in [6, 6.07) is 7.89. The Morgan fingerprint density at radius 3 is 2.63 bits per heavy atom. The number of carbonyl (C=O) groups is 2. The summed E-state index contributed by atoms with van der Waals surface area (Å²) in [7, 11) is 0. The van der Waals surface area contributed by atoms with E-state index in [-0.39, 0.29) is 18.0 Å². The molecule has 0 N–H and O–H groups in total. The zero-order chi connectivity index (χ0) is 13.6. The van der Waals surface area contributed by atoms with Crippen LogP contribution in [0.1, 0.15) is 41.3 Å². The summed E-state index contributed by atoms with van der Waals surface area (Å²) < 4.78 is 0. The molecule has 2 aromatic rings. The van der Waals surface area contributed by atoms with E-state index in [2.05, 4.69) is 25.3 Å². The second kappa shape index (κ2) is 4.42. The van der Waals surface area contributed by atoms with Crippen LogP contribution in [0, 0.1) is 0 Å². The van der Waals surface area contributed by atoms with E-state index in [9.17, 15) is 9.59 Å². The molecule has 0 bridgehead atoms. The van der Waals surface area contributed by atoms with Crippen molar-refractivity contribution in [3.05, 3.63) is 46.3 Å². The van der Waals surface area contributed by atoms with E-state index in [1.807, 2.05) is 12.1 Å². The molecule has 0 saturated carbocycles. The molecule has 0 atom stereocenters. The van der Waals surface area contributed by atoms with Crippen molar-refractivity contribution in [1.29, 1.82) is 0 Å². The number of fused-ring (bicyclic) bond motifs is 1. The van der Waals surface area contributed by atoms with Gasteiger partial charge < -0.3 is 0 Å². The molecule has 0 amide bonds. The maximum Gasteiger partial charge on any atom is 0.229 e. The molecular weight excluding hydrogens is 256 g/mol. The van der Waals surface area contributed by atoms with Crippen molar-refractivity contribution in [2.24, 2.45) is 0 Å². The summed E-state index contributed by atoms with van der Waals surface area (Å²) in [5.41, 5.74) is 3.87. The van der Waals surface area contributed by atoms with Crippen molar-refractivity contribution in [3.63, 3.8) is 0 Å². The van der Waals surface area contributed by atoms with Gasteiger partial charge in [0.05, 0.1) is 0 Å². The SMILES string of the molecule is CC(C)c1csc(-c2ccc3c(c2)CC(=O)C3=O)c1. The van der Waals surface area contributed by atoms with E-state index < -0.39 is 0 Å². The Morgan fingerprint density at radius 1 is 1.16 bits per heavy atom. The van der Waals surface area contributed by atoms with Gasteiger partial charge in [0.2, 0.25) is 11.6 Å². The van der Waals surface area contributed by atoms with Crippen molar-refractivity contribution >= 4 is 22.9 Å². The fourth-order valence-electron chi connectivity index (χ4n) is 2.32. The van der Waals surface area contributed by atoms with E-state index >= 15 is 0 Å². The molecule has 1 aliphatic carbocycles. The van der Waals surface area contributed by atoms with Gasteiger partial charge in [0, 0.05) is 16.9 Å². The average Bonchev–Trinajstić information content (AvgIpc) is 2.96. The highest BCUT2D eigenvalue weighted by Crippen LogP contribution is 2.33. The van der Waals surface area contributed by atoms with Crippen LogP contribution in [-0.2, 0) is 11.2 Å². The first-order valence-electron chi connectivity index (χ1n) is 6.35. The minimum absolute atomic E-state index is 0.254. The fraction of sp³-hybridized carbons (Fsp3) is 0.250. The Balaban J connectivity index is 2.01. The first kappa shape index (κ1) is 12.3. The van der Waals surface area contributed by atoms with E-state index in [0.717, 1.165) is 11.1 Å². The highest BCUT2D eigenvalue weighted by molar-refractivity contribution is 7.13. The number of rotatable bonds is 2. The second-order valence-electron chi connectivity index (χ2n) is 5.20. The molecule has 1 aromatic heterocycles. The van der Waals surface area contributed by atoms with Crippen molar-refractivity contribution in [2.75, 3.05) is 0 Å². The molecule has 0 aliphatic heterocycles. The zero-order valence-electron chi connectivity index (χ0n) is 10.9. The molecule has 3 heteroatoms. The van der Waals surface area contributed by atoms with Gasteiger partial charge in [-0.05, 0) is 46.2 Å². The summed E-state index contributed by atoms with van der Waals surface area (Å²) in [6.07, 6.45) is 0.254. The van der Waals surface area contributed by atoms with Crippen molar-refractivity contribution < 1.29 is 9.59 Å². The largest absolute Gasteiger partial charge is 0.290 e. The van der Waals surface area contributed by atoms with E-state index in [4.69, 9.17) is 0 Å². The monoisotopic (exact) mass is 270 g/mol. The van der Waals surface area contributed by atoms with E-state index in [1.165, 1.54) is 10.4 Å². The normalized spacial score (nSPS) is 14.3. The molecule has 96 valence electrons. The molecule has 19 heavy (non-hydrogen) atoms. The van der Waals surface area contributed by atoms with Crippen LogP contribution in [0.3, 0.4) is 0 Å². The molecule has 0 radical (unpaired) electrons. The maximum atomic E-state index is 11.6. The van der Waals surface area contributed by atoms with Gasteiger partial charge in [-0.3, -0.25) is 9.59 Å². The third kappa shape index (κ3) is 2.04. The van der Waals surface area contributed by atoms with Gasteiger partial charge in [0.1, 0.15) is 0 Å². The number of hydrogen-bond acceptors (Lipinski definition) is 3. The first-order valence-corrected chi connectivity index (χ1v) is 7.23. The number of hydrogen-bond donors (Lipinski definition) is 0.